The molecule has 4 aromatic carbocycles. The van der Waals surface area contributed by atoms with Crippen LogP contribution in [0.25, 0.3) is 0 Å². The minimum Gasteiger partial charge on any atom is -0.293 e. The first-order valence-electron chi connectivity index (χ1n) is 11.7. The number of carbonyl (C=O) groups is 1. The van der Waals surface area contributed by atoms with Crippen molar-refractivity contribution in [3.05, 3.63) is 157 Å². The number of pyridine rings is 1. The van der Waals surface area contributed by atoms with Crippen molar-refractivity contribution in [2.75, 3.05) is 0 Å². The maximum Gasteiger partial charge on any atom is 0.178 e. The normalized spacial score (nSPS) is 10.7. The van der Waals surface area contributed by atoms with Gasteiger partial charge in [-0.25, -0.2) is 0 Å². The monoisotopic (exact) mass is 474 g/mol. The van der Waals surface area contributed by atoms with Crippen LogP contribution in [0.15, 0.2) is 146 Å². The van der Waals surface area contributed by atoms with Crippen LogP contribution < -0.4 is 15.9 Å². The van der Waals surface area contributed by atoms with Gasteiger partial charge in [0, 0.05) is 13.1 Å². The first-order chi connectivity index (χ1) is 17.2. The van der Waals surface area contributed by atoms with Gasteiger partial charge in [0.15, 0.2) is 5.78 Å². The lowest BCUT2D eigenvalue weighted by Gasteiger charge is -2.27. The largest absolute Gasteiger partial charge is 0.293 e. The number of nitrogens with zero attached hydrogens (tertiary/aromatic N) is 1. The van der Waals surface area contributed by atoms with Crippen LogP contribution in [-0.2, 0) is 6.16 Å². The standard InChI is InChI=1S/C25H22P.C7H7NO/c1-5-13-22(14-6-1)21-26(23-15-7-2-8-16-23,24-17-9-3-10-18-24)25-19-11-4-12-20-25;1-6(9)7-4-2-3-5-8-7/h1-20H,21H2;2-5H,1H3/q+1;. The highest BCUT2D eigenvalue weighted by molar-refractivity contribution is 7.95. The molecule has 1 heterocycles. The molecule has 2 nitrogen and oxygen atoms in total. The van der Waals surface area contributed by atoms with Gasteiger partial charge in [-0.2, -0.15) is 0 Å². The molecule has 1 aromatic heterocycles. The van der Waals surface area contributed by atoms with Gasteiger partial charge >= 0.3 is 0 Å². The van der Waals surface area contributed by atoms with Gasteiger partial charge in [0.1, 0.15) is 28.9 Å². The van der Waals surface area contributed by atoms with Crippen LogP contribution in [-0.4, -0.2) is 10.8 Å². The van der Waals surface area contributed by atoms with Gasteiger partial charge in [-0.1, -0.05) is 91.0 Å². The molecule has 0 fully saturated rings. The van der Waals surface area contributed by atoms with Crippen molar-refractivity contribution in [3.8, 4) is 0 Å². The predicted octanol–water partition coefficient (Wildman–Crippen LogP) is 6.46. The number of benzene rings is 4. The summed E-state index contributed by atoms with van der Waals surface area (Å²) in [5, 5.41) is 4.30. The molecule has 0 bridgehead atoms. The van der Waals surface area contributed by atoms with Crippen LogP contribution in [0.5, 0.6) is 0 Å². The van der Waals surface area contributed by atoms with Gasteiger partial charge in [-0.05, 0) is 54.1 Å². The average molecular weight is 475 g/mol. The summed E-state index contributed by atoms with van der Waals surface area (Å²) in [6.07, 6.45) is 2.64. The Bertz CT molecular complexity index is 1210. The van der Waals surface area contributed by atoms with Crippen molar-refractivity contribution in [2.45, 2.75) is 13.1 Å². The molecule has 172 valence electrons. The summed E-state index contributed by atoms with van der Waals surface area (Å²) < 4.78 is 0. The van der Waals surface area contributed by atoms with Gasteiger partial charge < -0.3 is 0 Å². The highest BCUT2D eigenvalue weighted by Crippen LogP contribution is 2.58. The lowest BCUT2D eigenvalue weighted by molar-refractivity contribution is 0.101. The summed E-state index contributed by atoms with van der Waals surface area (Å²) in [5.74, 6) is 0.00981. The van der Waals surface area contributed by atoms with Crippen molar-refractivity contribution in [1.29, 1.82) is 0 Å². The Kier molecular flexibility index (Phi) is 8.33. The van der Waals surface area contributed by atoms with E-state index in [0.29, 0.717) is 5.69 Å². The number of ketones is 1. The zero-order valence-corrected chi connectivity index (χ0v) is 20.8. The maximum absolute atomic E-state index is 10.6. The van der Waals surface area contributed by atoms with E-state index in [4.69, 9.17) is 0 Å². The molecule has 0 saturated heterocycles. The fourth-order valence-electron chi connectivity index (χ4n) is 4.20. The smallest absolute Gasteiger partial charge is 0.178 e. The van der Waals surface area contributed by atoms with Crippen LogP contribution >= 0.6 is 7.26 Å². The molecule has 5 rings (SSSR count). The summed E-state index contributed by atoms with van der Waals surface area (Å²) in [6, 6.07) is 49.3. The van der Waals surface area contributed by atoms with Gasteiger partial charge in [-0.3, -0.25) is 9.78 Å². The summed E-state index contributed by atoms with van der Waals surface area (Å²) >= 11 is 0. The highest BCUT2D eigenvalue weighted by atomic mass is 31.2. The van der Waals surface area contributed by atoms with E-state index in [-0.39, 0.29) is 5.78 Å². The SMILES string of the molecule is CC(=O)c1ccccn1.c1ccc(C[P+](c2ccccc2)(c2ccccc2)c2ccccc2)cc1. The number of carbonyl (C=O) groups excluding carboxylic acids is 1. The number of rotatable bonds is 6. The Morgan fingerprint density at radius 3 is 1.31 bits per heavy atom. The van der Waals surface area contributed by atoms with Crippen molar-refractivity contribution in [3.63, 3.8) is 0 Å². The molecule has 0 unspecified atom stereocenters. The molecule has 5 aromatic rings. The molecule has 0 aliphatic rings. The molecule has 0 saturated carbocycles. The van der Waals surface area contributed by atoms with Crippen molar-refractivity contribution in [2.24, 2.45) is 0 Å². The topological polar surface area (TPSA) is 30.0 Å². The number of aromatic nitrogens is 1. The summed E-state index contributed by atoms with van der Waals surface area (Å²) in [4.78, 5) is 14.4. The van der Waals surface area contributed by atoms with E-state index in [1.54, 1.807) is 24.4 Å². The quantitative estimate of drug-likeness (QED) is 0.209. The molecular formula is C32H29NOP+. The summed E-state index contributed by atoms with van der Waals surface area (Å²) in [5.41, 5.74) is 1.91. The third kappa shape index (κ3) is 5.98. The van der Waals surface area contributed by atoms with E-state index in [1.807, 2.05) is 0 Å². The van der Waals surface area contributed by atoms with Gasteiger partial charge in [-0.15, -0.1) is 0 Å². The predicted molar refractivity (Wildman–Crippen MR) is 150 cm³/mol. The molecule has 0 aliphatic carbocycles. The minimum atomic E-state index is -1.78. The van der Waals surface area contributed by atoms with Crippen LogP contribution in [0, 0.1) is 0 Å². The van der Waals surface area contributed by atoms with Crippen molar-refractivity contribution >= 4 is 29.0 Å². The van der Waals surface area contributed by atoms with E-state index in [0.717, 1.165) is 6.16 Å². The van der Waals surface area contributed by atoms with E-state index >= 15 is 0 Å². The van der Waals surface area contributed by atoms with E-state index in [2.05, 4.69) is 126 Å². The van der Waals surface area contributed by atoms with Gasteiger partial charge in [0.05, 0.1) is 6.16 Å². The molecule has 0 atom stereocenters. The van der Waals surface area contributed by atoms with E-state index in [1.165, 1.54) is 28.4 Å². The zero-order chi connectivity index (χ0) is 24.3. The lowest BCUT2D eigenvalue weighted by atomic mass is 10.2. The lowest BCUT2D eigenvalue weighted by Crippen LogP contribution is -2.32. The second kappa shape index (κ2) is 12.0. The second-order valence-electron chi connectivity index (χ2n) is 8.23. The third-order valence-electron chi connectivity index (χ3n) is 5.88. The molecule has 35 heavy (non-hydrogen) atoms. The van der Waals surface area contributed by atoms with Gasteiger partial charge in [0.25, 0.3) is 0 Å². The maximum atomic E-state index is 10.6. The van der Waals surface area contributed by atoms with Crippen LogP contribution in [0.4, 0.5) is 0 Å². The number of Topliss-reactive ketones (excluding diaryl/α,β-unsaturated/α-hetero) is 1. The fourth-order valence-corrected chi connectivity index (χ4v) is 8.44. The van der Waals surface area contributed by atoms with E-state index in [9.17, 15) is 4.79 Å². The third-order valence-corrected chi connectivity index (χ3v) is 10.3. The Morgan fingerprint density at radius 1 is 0.571 bits per heavy atom. The summed E-state index contributed by atoms with van der Waals surface area (Å²) in [6.45, 7) is 1.50. The Hall–Kier alpha value is -3.87. The Labute approximate surface area is 208 Å². The number of hydrogen-bond acceptors (Lipinski definition) is 2. The molecule has 0 N–H and O–H groups in total. The second-order valence-corrected chi connectivity index (χ2v) is 11.7. The van der Waals surface area contributed by atoms with Crippen molar-refractivity contribution in [1.82, 2.24) is 4.98 Å². The molecule has 0 amide bonds. The van der Waals surface area contributed by atoms with E-state index < -0.39 is 7.26 Å². The first kappa shape index (κ1) is 24.3. The number of hydrogen-bond donors (Lipinski definition) is 0. The molecule has 3 heteroatoms. The van der Waals surface area contributed by atoms with Crippen LogP contribution in [0.3, 0.4) is 0 Å². The molecule has 0 aliphatic heterocycles. The summed E-state index contributed by atoms with van der Waals surface area (Å²) in [7, 11) is -1.78. The van der Waals surface area contributed by atoms with Crippen LogP contribution in [0.1, 0.15) is 23.0 Å². The Morgan fingerprint density at radius 2 is 0.971 bits per heavy atom. The average Bonchev–Trinajstić information content (AvgIpc) is 2.94. The first-order valence-corrected chi connectivity index (χ1v) is 13.7. The molecule has 0 radical (unpaired) electrons. The zero-order valence-electron chi connectivity index (χ0n) is 19.9. The minimum absolute atomic E-state index is 0.00981. The fraction of sp³-hybridized carbons (Fsp3) is 0.0625. The van der Waals surface area contributed by atoms with Crippen LogP contribution in [0.2, 0.25) is 0 Å². The van der Waals surface area contributed by atoms with Crippen molar-refractivity contribution < 1.29 is 4.79 Å². The van der Waals surface area contributed by atoms with Gasteiger partial charge in [0.2, 0.25) is 0 Å². The Balaban J connectivity index is 0.000000271. The highest BCUT2D eigenvalue weighted by Gasteiger charge is 2.45. The molecule has 0 spiro atoms. The molecular weight excluding hydrogens is 445 g/mol.